The second-order valence-electron chi connectivity index (χ2n) is 7.92. The quantitative estimate of drug-likeness (QED) is 0.868. The Balaban J connectivity index is 1.33. The van der Waals surface area contributed by atoms with E-state index in [1.165, 1.54) is 19.3 Å². The fourth-order valence-corrected chi connectivity index (χ4v) is 4.45. The summed E-state index contributed by atoms with van der Waals surface area (Å²) in [6, 6.07) is 7.50. The van der Waals surface area contributed by atoms with Crippen LogP contribution >= 0.6 is 0 Å². The first-order valence-electron chi connectivity index (χ1n) is 10.4. The van der Waals surface area contributed by atoms with Crippen LogP contribution in [0.2, 0.25) is 0 Å². The highest BCUT2D eigenvalue weighted by Gasteiger charge is 2.29. The lowest BCUT2D eigenvalue weighted by atomic mass is 9.88. The molecule has 0 radical (unpaired) electrons. The number of amides is 4. The van der Waals surface area contributed by atoms with Crippen LogP contribution in [0.1, 0.15) is 38.5 Å². The van der Waals surface area contributed by atoms with E-state index in [9.17, 15) is 14.4 Å². The van der Waals surface area contributed by atoms with Crippen LogP contribution in [0.5, 0.6) is 0 Å². The minimum atomic E-state index is -0.362. The van der Waals surface area contributed by atoms with Gasteiger partial charge in [0.2, 0.25) is 11.8 Å². The molecule has 0 bridgehead atoms. The van der Waals surface area contributed by atoms with E-state index in [4.69, 9.17) is 0 Å². The molecular weight excluding hydrogens is 356 g/mol. The Morgan fingerprint density at radius 1 is 0.857 bits per heavy atom. The lowest BCUT2D eigenvalue weighted by Crippen LogP contribution is -2.50. The van der Waals surface area contributed by atoms with Crippen molar-refractivity contribution in [1.29, 1.82) is 0 Å². The molecule has 0 spiro atoms. The molecule has 2 heterocycles. The molecule has 1 aliphatic carbocycles. The minimum absolute atomic E-state index is 0.224. The number of nitrogens with one attached hydrogen (secondary N) is 1. The number of rotatable bonds is 3. The molecule has 2 aliphatic heterocycles. The van der Waals surface area contributed by atoms with Gasteiger partial charge in [0.25, 0.3) is 0 Å². The first kappa shape index (κ1) is 18.8. The highest BCUT2D eigenvalue weighted by atomic mass is 16.2. The van der Waals surface area contributed by atoms with Gasteiger partial charge in [-0.1, -0.05) is 19.3 Å². The van der Waals surface area contributed by atoms with Gasteiger partial charge in [0.1, 0.15) is 0 Å². The molecule has 150 valence electrons. The number of hydrogen-bond donors (Lipinski definition) is 1. The van der Waals surface area contributed by atoms with Crippen LogP contribution in [0.25, 0.3) is 0 Å². The number of anilines is 2. The summed E-state index contributed by atoms with van der Waals surface area (Å²) in [4.78, 5) is 41.9. The monoisotopic (exact) mass is 384 g/mol. The lowest BCUT2D eigenvalue weighted by Gasteiger charge is -2.38. The third-order valence-electron chi connectivity index (χ3n) is 6.13. The summed E-state index contributed by atoms with van der Waals surface area (Å²) >= 11 is 0. The van der Waals surface area contributed by atoms with Gasteiger partial charge in [-0.15, -0.1) is 0 Å². The molecule has 7 nitrogen and oxygen atoms in total. The van der Waals surface area contributed by atoms with E-state index < -0.39 is 0 Å². The van der Waals surface area contributed by atoms with Crippen LogP contribution in [0.4, 0.5) is 16.2 Å². The zero-order valence-corrected chi connectivity index (χ0v) is 16.2. The molecule has 0 atom stereocenters. The van der Waals surface area contributed by atoms with Gasteiger partial charge < -0.3 is 9.80 Å². The fourth-order valence-electron chi connectivity index (χ4n) is 4.45. The maximum absolute atomic E-state index is 12.7. The normalized spacial score (nSPS) is 21.6. The molecule has 4 rings (SSSR count). The fraction of sp³-hybridized carbons (Fsp3) is 0.571. The second-order valence-corrected chi connectivity index (χ2v) is 7.92. The summed E-state index contributed by atoms with van der Waals surface area (Å²) in [5, 5.41) is 2.35. The van der Waals surface area contributed by atoms with Crippen molar-refractivity contribution < 1.29 is 14.4 Å². The third kappa shape index (κ3) is 3.98. The number of hydrogen-bond acceptors (Lipinski definition) is 4. The summed E-state index contributed by atoms with van der Waals surface area (Å²) in [6.45, 7) is 3.61. The summed E-state index contributed by atoms with van der Waals surface area (Å²) in [5.41, 5.74) is 1.89. The minimum Gasteiger partial charge on any atom is -0.368 e. The number of carbonyl (C=O) groups is 3. The first-order chi connectivity index (χ1) is 13.6. The summed E-state index contributed by atoms with van der Waals surface area (Å²) in [6.07, 6.45) is 6.07. The number of imide groups is 1. The molecule has 1 saturated carbocycles. The molecule has 3 fully saturated rings. The largest absolute Gasteiger partial charge is 0.368 e. The Kier molecular flexibility index (Phi) is 5.50. The van der Waals surface area contributed by atoms with E-state index in [0.717, 1.165) is 50.4 Å². The number of nitrogens with zero attached hydrogens (tertiary/aromatic N) is 3. The van der Waals surface area contributed by atoms with Gasteiger partial charge in [-0.3, -0.25) is 19.8 Å². The van der Waals surface area contributed by atoms with Crippen molar-refractivity contribution in [2.75, 3.05) is 42.5 Å². The Morgan fingerprint density at radius 2 is 1.50 bits per heavy atom. The topological polar surface area (TPSA) is 73.0 Å². The Labute approximate surface area is 165 Å². The number of benzene rings is 1. The van der Waals surface area contributed by atoms with Crippen LogP contribution < -0.4 is 15.1 Å². The molecule has 7 heteroatoms. The first-order valence-corrected chi connectivity index (χ1v) is 10.4. The summed E-state index contributed by atoms with van der Waals surface area (Å²) in [5.74, 6) is 0.362. The molecular formula is C21H28N4O3. The number of urea groups is 1. The standard InChI is InChI=1S/C21H28N4O3/c26-19-10-11-25(21(28)22-19)18-8-6-17(7-9-18)23-12-14-24(15-13-23)20(27)16-4-2-1-3-5-16/h6-9,16H,1-5,10-15H2,(H,22,26,28). The van der Waals surface area contributed by atoms with E-state index in [2.05, 4.69) is 10.2 Å². The van der Waals surface area contributed by atoms with Gasteiger partial charge >= 0.3 is 6.03 Å². The molecule has 0 aromatic heterocycles. The van der Waals surface area contributed by atoms with E-state index in [1.54, 1.807) is 4.90 Å². The van der Waals surface area contributed by atoms with Gasteiger partial charge in [0, 0.05) is 56.4 Å². The van der Waals surface area contributed by atoms with Crippen molar-refractivity contribution in [1.82, 2.24) is 10.2 Å². The van der Waals surface area contributed by atoms with E-state index in [1.807, 2.05) is 29.2 Å². The van der Waals surface area contributed by atoms with Gasteiger partial charge in [-0.05, 0) is 37.1 Å². The molecule has 28 heavy (non-hydrogen) atoms. The van der Waals surface area contributed by atoms with Crippen LogP contribution in [0.15, 0.2) is 24.3 Å². The summed E-state index contributed by atoms with van der Waals surface area (Å²) in [7, 11) is 0. The van der Waals surface area contributed by atoms with E-state index >= 15 is 0 Å². The Hall–Kier alpha value is -2.57. The zero-order chi connectivity index (χ0) is 19.5. The van der Waals surface area contributed by atoms with Gasteiger partial charge in [0.05, 0.1) is 0 Å². The van der Waals surface area contributed by atoms with Crippen molar-refractivity contribution in [3.8, 4) is 0 Å². The second kappa shape index (κ2) is 8.20. The molecule has 1 aromatic rings. The van der Waals surface area contributed by atoms with Crippen LogP contribution in [0.3, 0.4) is 0 Å². The maximum atomic E-state index is 12.7. The smallest absolute Gasteiger partial charge is 0.328 e. The number of carbonyl (C=O) groups excluding carboxylic acids is 3. The molecule has 4 amide bonds. The van der Waals surface area contributed by atoms with E-state index in [0.29, 0.717) is 18.9 Å². The zero-order valence-electron chi connectivity index (χ0n) is 16.2. The molecule has 0 unspecified atom stereocenters. The molecule has 1 N–H and O–H groups in total. The molecule has 2 saturated heterocycles. The molecule has 1 aromatic carbocycles. The van der Waals surface area contributed by atoms with Crippen molar-refractivity contribution >= 4 is 29.2 Å². The van der Waals surface area contributed by atoms with Crippen molar-refractivity contribution in [2.24, 2.45) is 5.92 Å². The Morgan fingerprint density at radius 3 is 2.14 bits per heavy atom. The average Bonchev–Trinajstić information content (AvgIpc) is 2.74. The SMILES string of the molecule is O=C1CCN(c2ccc(N3CCN(C(=O)C4CCCCC4)CC3)cc2)C(=O)N1. The summed E-state index contributed by atoms with van der Waals surface area (Å²) < 4.78 is 0. The van der Waals surface area contributed by atoms with Gasteiger partial charge in [0.15, 0.2) is 0 Å². The number of piperazine rings is 1. The average molecular weight is 384 g/mol. The van der Waals surface area contributed by atoms with Crippen molar-refractivity contribution in [3.05, 3.63) is 24.3 Å². The van der Waals surface area contributed by atoms with Crippen LogP contribution in [0, 0.1) is 5.92 Å². The maximum Gasteiger partial charge on any atom is 0.328 e. The van der Waals surface area contributed by atoms with Gasteiger partial charge in [-0.25, -0.2) is 4.79 Å². The van der Waals surface area contributed by atoms with Gasteiger partial charge in [-0.2, -0.15) is 0 Å². The van der Waals surface area contributed by atoms with Crippen LogP contribution in [-0.2, 0) is 9.59 Å². The lowest BCUT2D eigenvalue weighted by molar-refractivity contribution is -0.136. The van der Waals surface area contributed by atoms with E-state index in [-0.39, 0.29) is 17.9 Å². The third-order valence-corrected chi connectivity index (χ3v) is 6.13. The Bertz CT molecular complexity index is 735. The highest BCUT2D eigenvalue weighted by molar-refractivity contribution is 6.05. The molecule has 3 aliphatic rings. The van der Waals surface area contributed by atoms with Crippen LogP contribution in [-0.4, -0.2) is 55.5 Å². The van der Waals surface area contributed by atoms with Crippen molar-refractivity contribution in [2.45, 2.75) is 38.5 Å². The predicted molar refractivity (Wildman–Crippen MR) is 107 cm³/mol. The van der Waals surface area contributed by atoms with Crippen molar-refractivity contribution in [3.63, 3.8) is 0 Å². The predicted octanol–water partition coefficient (Wildman–Crippen LogP) is 2.36. The highest BCUT2D eigenvalue weighted by Crippen LogP contribution is 2.27.